The lowest BCUT2D eigenvalue weighted by molar-refractivity contribution is -0.137. The molecule has 4 aromatic rings. The van der Waals surface area contributed by atoms with E-state index in [1.807, 2.05) is 0 Å². The van der Waals surface area contributed by atoms with Crippen molar-refractivity contribution in [3.8, 4) is 0 Å². The highest BCUT2D eigenvalue weighted by Crippen LogP contribution is 2.32. The van der Waals surface area contributed by atoms with E-state index in [0.717, 1.165) is 12.1 Å². The molecular weight excluding hydrogens is 480 g/mol. The van der Waals surface area contributed by atoms with E-state index in [-0.39, 0.29) is 0 Å². The third kappa shape index (κ3) is 6.78. The van der Waals surface area contributed by atoms with Gasteiger partial charge < -0.3 is 0 Å². The molecule has 4 rings (SSSR count). The summed E-state index contributed by atoms with van der Waals surface area (Å²) in [5.74, 6) is 0. The number of alkyl halides is 4. The maximum Gasteiger partial charge on any atom is 0.416 e. The van der Waals surface area contributed by atoms with E-state index in [1.54, 1.807) is 6.07 Å². The zero-order chi connectivity index (χ0) is 22.1. The first-order chi connectivity index (χ1) is 15.0. The Hall–Kier alpha value is -2.42. The van der Waals surface area contributed by atoms with E-state index in [4.69, 9.17) is 0 Å². The Bertz CT molecular complexity index is 958. The first-order valence-corrected chi connectivity index (χ1v) is 12.4. The fourth-order valence-electron chi connectivity index (χ4n) is 3.15. The summed E-state index contributed by atoms with van der Waals surface area (Å²) in [6.07, 6.45) is -4.24. The molecule has 0 saturated carbocycles. The van der Waals surface area contributed by atoms with Gasteiger partial charge >= 0.3 is 6.18 Å². The molecule has 0 spiro atoms. The summed E-state index contributed by atoms with van der Waals surface area (Å²) < 4.78 is 36.3. The molecule has 5 heteroatoms. The second-order valence-corrected chi connectivity index (χ2v) is 9.85. The standard InChI is InChI=1S/C18H15P.C8H6BrF3/c1-4-10-16(11-5-1)19(17-12-6-2-7-13-17)18-14-8-3-9-15-18;9-5-6-2-1-3-7(4-6)8(10,11)12/h1-15H;1-4H,5H2/p+1. The van der Waals surface area contributed by atoms with Crippen LogP contribution in [0.4, 0.5) is 13.2 Å². The minimum atomic E-state index is -4.24. The lowest BCUT2D eigenvalue weighted by Gasteiger charge is -2.10. The van der Waals surface area contributed by atoms with Gasteiger partial charge in [0.15, 0.2) is 0 Å². The van der Waals surface area contributed by atoms with E-state index in [1.165, 1.54) is 22.0 Å². The summed E-state index contributed by atoms with van der Waals surface area (Å²) in [5.41, 5.74) is 0.0317. The van der Waals surface area contributed by atoms with Crippen molar-refractivity contribution in [3.63, 3.8) is 0 Å². The van der Waals surface area contributed by atoms with Crippen LogP contribution < -0.4 is 15.9 Å². The van der Waals surface area contributed by atoms with Crippen LogP contribution in [0, 0.1) is 0 Å². The van der Waals surface area contributed by atoms with Crippen molar-refractivity contribution >= 4 is 39.8 Å². The van der Waals surface area contributed by atoms with Crippen molar-refractivity contribution in [1.82, 2.24) is 0 Å². The number of halogens is 4. The third-order valence-electron chi connectivity index (χ3n) is 4.60. The second kappa shape index (κ2) is 11.3. The van der Waals surface area contributed by atoms with Gasteiger partial charge in [0.1, 0.15) is 15.9 Å². The zero-order valence-electron chi connectivity index (χ0n) is 16.7. The van der Waals surface area contributed by atoms with Gasteiger partial charge in [0.05, 0.1) is 13.5 Å². The Labute approximate surface area is 190 Å². The highest BCUT2D eigenvalue weighted by molar-refractivity contribution is 9.08. The summed E-state index contributed by atoms with van der Waals surface area (Å²) >= 11 is 3.09. The van der Waals surface area contributed by atoms with Crippen LogP contribution in [0.15, 0.2) is 115 Å². The highest BCUT2D eigenvalue weighted by Gasteiger charge is 2.30. The quantitative estimate of drug-likeness (QED) is 0.213. The Balaban J connectivity index is 0.000000196. The largest absolute Gasteiger partial charge is 0.416 e. The van der Waals surface area contributed by atoms with Gasteiger partial charge in [-0.3, -0.25) is 0 Å². The van der Waals surface area contributed by atoms with Gasteiger partial charge in [0, 0.05) is 5.33 Å². The molecule has 0 atom stereocenters. The van der Waals surface area contributed by atoms with Crippen LogP contribution in [0.5, 0.6) is 0 Å². The van der Waals surface area contributed by atoms with Gasteiger partial charge in [0.2, 0.25) is 0 Å². The molecule has 0 aliphatic carbocycles. The number of benzene rings is 4. The average Bonchev–Trinajstić information content (AvgIpc) is 2.81. The van der Waals surface area contributed by atoms with Crippen LogP contribution >= 0.6 is 23.9 Å². The van der Waals surface area contributed by atoms with Crippen molar-refractivity contribution in [2.24, 2.45) is 0 Å². The molecule has 0 nitrogen and oxygen atoms in total. The molecular formula is C26H22BrF3P+. The van der Waals surface area contributed by atoms with Gasteiger partial charge in [-0.1, -0.05) is 88.7 Å². The Kier molecular flexibility index (Phi) is 8.45. The Morgan fingerprint density at radius 3 is 1.35 bits per heavy atom. The van der Waals surface area contributed by atoms with Gasteiger partial charge in [-0.2, -0.15) is 13.2 Å². The van der Waals surface area contributed by atoms with Crippen LogP contribution in [0.25, 0.3) is 0 Å². The summed E-state index contributed by atoms with van der Waals surface area (Å²) in [4.78, 5) is 0. The van der Waals surface area contributed by atoms with Crippen LogP contribution in [0.2, 0.25) is 0 Å². The van der Waals surface area contributed by atoms with E-state index >= 15 is 0 Å². The lowest BCUT2D eigenvalue weighted by Crippen LogP contribution is -2.20. The molecule has 0 saturated heterocycles. The maximum absolute atomic E-state index is 12.1. The van der Waals surface area contributed by atoms with Gasteiger partial charge in [-0.05, 0) is 48.0 Å². The highest BCUT2D eigenvalue weighted by atomic mass is 79.9. The summed E-state index contributed by atoms with van der Waals surface area (Å²) in [7, 11) is -0.877. The fraction of sp³-hybridized carbons (Fsp3) is 0.0769. The van der Waals surface area contributed by atoms with Gasteiger partial charge in [-0.25, -0.2) is 0 Å². The van der Waals surface area contributed by atoms with Crippen molar-refractivity contribution < 1.29 is 13.2 Å². The second-order valence-electron chi connectivity index (χ2n) is 6.80. The number of hydrogen-bond donors (Lipinski definition) is 0. The van der Waals surface area contributed by atoms with E-state index in [0.29, 0.717) is 10.9 Å². The smallest absolute Gasteiger partial charge is 0.166 e. The molecule has 0 bridgehead atoms. The number of hydrogen-bond acceptors (Lipinski definition) is 0. The Morgan fingerprint density at radius 2 is 1.00 bits per heavy atom. The van der Waals surface area contributed by atoms with Gasteiger partial charge in [-0.15, -0.1) is 0 Å². The minimum absolute atomic E-state index is 0.441. The number of rotatable bonds is 4. The van der Waals surface area contributed by atoms with Crippen molar-refractivity contribution in [1.29, 1.82) is 0 Å². The molecule has 0 amide bonds. The first kappa shape index (κ1) is 23.2. The maximum atomic E-state index is 12.1. The lowest BCUT2D eigenvalue weighted by atomic mass is 10.1. The van der Waals surface area contributed by atoms with E-state index in [9.17, 15) is 13.2 Å². The monoisotopic (exact) mass is 501 g/mol. The molecule has 0 heterocycles. The third-order valence-corrected chi connectivity index (χ3v) is 7.98. The predicted molar refractivity (Wildman–Crippen MR) is 131 cm³/mol. The summed E-state index contributed by atoms with van der Waals surface area (Å²) in [6.45, 7) is 0. The molecule has 0 radical (unpaired) electrons. The van der Waals surface area contributed by atoms with E-state index < -0.39 is 19.7 Å². The molecule has 0 N–H and O–H groups in total. The molecule has 0 fully saturated rings. The molecule has 0 aliphatic heterocycles. The van der Waals surface area contributed by atoms with Crippen LogP contribution in [0.1, 0.15) is 11.1 Å². The average molecular weight is 502 g/mol. The van der Waals surface area contributed by atoms with Crippen molar-refractivity contribution in [2.75, 3.05) is 0 Å². The van der Waals surface area contributed by atoms with Crippen molar-refractivity contribution in [2.45, 2.75) is 11.5 Å². The first-order valence-electron chi connectivity index (χ1n) is 9.74. The summed E-state index contributed by atoms with van der Waals surface area (Å²) in [6, 6.07) is 37.7. The topological polar surface area (TPSA) is 0 Å². The molecule has 158 valence electrons. The minimum Gasteiger partial charge on any atom is -0.166 e. The molecule has 0 unspecified atom stereocenters. The molecule has 0 aliphatic rings. The molecule has 31 heavy (non-hydrogen) atoms. The van der Waals surface area contributed by atoms with Crippen LogP contribution in [-0.2, 0) is 11.5 Å². The van der Waals surface area contributed by atoms with Gasteiger partial charge in [0.25, 0.3) is 0 Å². The SMILES string of the molecule is FC(F)(F)c1cccc(CBr)c1.c1ccc([PH+](c2ccccc2)c2ccccc2)cc1. The molecule has 0 aromatic heterocycles. The van der Waals surface area contributed by atoms with Crippen LogP contribution in [-0.4, -0.2) is 0 Å². The predicted octanol–water partition coefficient (Wildman–Crippen LogP) is 6.78. The zero-order valence-corrected chi connectivity index (χ0v) is 19.3. The van der Waals surface area contributed by atoms with Crippen LogP contribution in [0.3, 0.4) is 0 Å². The fourth-order valence-corrected chi connectivity index (χ4v) is 6.07. The molecule has 4 aromatic carbocycles. The Morgan fingerprint density at radius 1 is 0.581 bits per heavy atom. The summed E-state index contributed by atoms with van der Waals surface area (Å²) in [5, 5.41) is 4.75. The van der Waals surface area contributed by atoms with E-state index in [2.05, 4.69) is 107 Å². The normalized spacial score (nSPS) is 11.0. The van der Waals surface area contributed by atoms with Crippen molar-refractivity contribution in [3.05, 3.63) is 126 Å².